The molecule has 2 aliphatic rings. The molecule has 1 unspecified atom stereocenters. The van der Waals surface area contributed by atoms with Crippen LogP contribution in [0.2, 0.25) is 5.15 Å². The van der Waals surface area contributed by atoms with Crippen molar-refractivity contribution in [2.45, 2.75) is 25.0 Å². The molecule has 1 saturated carbocycles. The third-order valence-electron chi connectivity index (χ3n) is 5.45. The number of rotatable bonds is 5. The summed E-state index contributed by atoms with van der Waals surface area (Å²) in [5, 5.41) is 19.9. The molecule has 1 aromatic heterocycles. The van der Waals surface area contributed by atoms with E-state index < -0.39 is 6.10 Å². The van der Waals surface area contributed by atoms with E-state index in [0.717, 1.165) is 31.7 Å². The summed E-state index contributed by atoms with van der Waals surface area (Å²) in [6.07, 6.45) is 1.71. The fourth-order valence-corrected chi connectivity index (χ4v) is 4.40. The predicted molar refractivity (Wildman–Crippen MR) is 99.4 cm³/mol. The number of nitrogens with zero attached hydrogens (tertiary/aromatic N) is 2. The lowest BCUT2D eigenvalue weighted by molar-refractivity contribution is 0.113. The van der Waals surface area contributed by atoms with Crippen molar-refractivity contribution in [1.29, 1.82) is 0 Å². The molecule has 2 aromatic rings. The van der Waals surface area contributed by atoms with Crippen LogP contribution in [0.1, 0.15) is 24.6 Å². The number of benzene rings is 1. The van der Waals surface area contributed by atoms with Crippen molar-refractivity contribution >= 4 is 11.6 Å². The smallest absolute Gasteiger partial charge is 0.171 e. The van der Waals surface area contributed by atoms with Gasteiger partial charge in [-0.15, -0.1) is 0 Å². The SMILES string of the molecule is Oc1ccc([C@@H](O)CN2C[C@H]3CC(Oc4ccccc4)C[C@H]3C2)nc1Cl. The molecule has 1 saturated heterocycles. The van der Waals surface area contributed by atoms with Crippen molar-refractivity contribution in [1.82, 2.24) is 9.88 Å². The molecule has 5 nitrogen and oxygen atoms in total. The Bertz CT molecular complexity index is 744. The number of aliphatic hydroxyl groups excluding tert-OH is 1. The van der Waals surface area contributed by atoms with Crippen molar-refractivity contribution in [3.8, 4) is 11.5 Å². The van der Waals surface area contributed by atoms with Crippen LogP contribution in [0.25, 0.3) is 0 Å². The number of aliphatic hydroxyl groups is 1. The van der Waals surface area contributed by atoms with Gasteiger partial charge in [0.25, 0.3) is 0 Å². The van der Waals surface area contributed by atoms with Crippen molar-refractivity contribution in [3.63, 3.8) is 0 Å². The van der Waals surface area contributed by atoms with E-state index in [1.165, 1.54) is 6.07 Å². The minimum absolute atomic E-state index is 0.0285. The van der Waals surface area contributed by atoms with E-state index in [0.29, 0.717) is 24.1 Å². The van der Waals surface area contributed by atoms with Crippen LogP contribution in [0.4, 0.5) is 0 Å². The Morgan fingerprint density at radius 1 is 1.12 bits per heavy atom. The number of hydrogen-bond acceptors (Lipinski definition) is 5. The standard InChI is InChI=1S/C20H23ClN2O3/c21-20-18(24)7-6-17(22-20)19(25)12-23-10-13-8-16(9-14(13)11-23)26-15-4-2-1-3-5-15/h1-7,13-14,16,19,24-25H,8-12H2/t13-,14+,16?,19-/m0/s1. The number of halogens is 1. The second kappa shape index (κ2) is 7.43. The number of aromatic hydroxyl groups is 1. The molecular formula is C20H23ClN2O3. The van der Waals surface area contributed by atoms with Gasteiger partial charge in [0, 0.05) is 19.6 Å². The first-order chi connectivity index (χ1) is 12.6. The van der Waals surface area contributed by atoms with E-state index in [4.69, 9.17) is 16.3 Å². The molecule has 1 aliphatic heterocycles. The van der Waals surface area contributed by atoms with E-state index >= 15 is 0 Å². The largest absolute Gasteiger partial charge is 0.505 e. The number of likely N-dealkylation sites (tertiary alicyclic amines) is 1. The molecule has 4 atom stereocenters. The lowest BCUT2D eigenvalue weighted by Gasteiger charge is -2.22. The normalized spacial score (nSPS) is 26.6. The minimum atomic E-state index is -0.705. The molecule has 2 heterocycles. The van der Waals surface area contributed by atoms with E-state index in [9.17, 15) is 10.2 Å². The van der Waals surface area contributed by atoms with Crippen LogP contribution in [-0.4, -0.2) is 45.8 Å². The number of aromatic nitrogens is 1. The highest BCUT2D eigenvalue weighted by Gasteiger charge is 2.42. The van der Waals surface area contributed by atoms with Gasteiger partial charge in [0.2, 0.25) is 0 Å². The van der Waals surface area contributed by atoms with Gasteiger partial charge >= 0.3 is 0 Å². The zero-order valence-corrected chi connectivity index (χ0v) is 15.2. The van der Waals surface area contributed by atoms with Gasteiger partial charge in [-0.1, -0.05) is 29.8 Å². The number of fused-ring (bicyclic) bond motifs is 1. The fraction of sp³-hybridized carbons (Fsp3) is 0.450. The Hall–Kier alpha value is -1.82. The molecule has 2 N–H and O–H groups in total. The average molecular weight is 375 g/mol. The zero-order chi connectivity index (χ0) is 18.1. The van der Waals surface area contributed by atoms with Crippen LogP contribution in [0.15, 0.2) is 42.5 Å². The first-order valence-electron chi connectivity index (χ1n) is 9.06. The number of hydrogen-bond donors (Lipinski definition) is 2. The molecular weight excluding hydrogens is 352 g/mol. The van der Waals surface area contributed by atoms with Crippen LogP contribution in [0, 0.1) is 11.8 Å². The van der Waals surface area contributed by atoms with Crippen LogP contribution in [0.5, 0.6) is 11.5 Å². The molecule has 4 rings (SSSR count). The van der Waals surface area contributed by atoms with Gasteiger partial charge in [0.15, 0.2) is 10.9 Å². The summed E-state index contributed by atoms with van der Waals surface area (Å²) in [6, 6.07) is 13.1. The third-order valence-corrected chi connectivity index (χ3v) is 5.73. The van der Waals surface area contributed by atoms with Crippen molar-refractivity contribution in [3.05, 3.63) is 53.3 Å². The highest BCUT2D eigenvalue weighted by Crippen LogP contribution is 2.40. The summed E-state index contributed by atoms with van der Waals surface area (Å²) in [7, 11) is 0. The van der Waals surface area contributed by atoms with Gasteiger partial charge in [-0.2, -0.15) is 0 Å². The fourth-order valence-electron chi connectivity index (χ4n) is 4.24. The van der Waals surface area contributed by atoms with Gasteiger partial charge < -0.3 is 14.9 Å². The molecule has 2 fully saturated rings. The van der Waals surface area contributed by atoms with Gasteiger partial charge in [-0.05, 0) is 48.9 Å². The minimum Gasteiger partial charge on any atom is -0.505 e. The average Bonchev–Trinajstić information content (AvgIpc) is 3.16. The van der Waals surface area contributed by atoms with Crippen LogP contribution in [0.3, 0.4) is 0 Å². The maximum Gasteiger partial charge on any atom is 0.171 e. The van der Waals surface area contributed by atoms with Gasteiger partial charge in [0.05, 0.1) is 11.8 Å². The molecule has 1 aliphatic carbocycles. The Morgan fingerprint density at radius 3 is 2.46 bits per heavy atom. The molecule has 0 bridgehead atoms. The molecule has 0 spiro atoms. The Balaban J connectivity index is 1.29. The maximum atomic E-state index is 10.4. The van der Waals surface area contributed by atoms with Crippen molar-refractivity contribution < 1.29 is 14.9 Å². The Kier molecular flexibility index (Phi) is 5.02. The van der Waals surface area contributed by atoms with Crippen LogP contribution in [-0.2, 0) is 0 Å². The molecule has 26 heavy (non-hydrogen) atoms. The van der Waals surface area contributed by atoms with Gasteiger partial charge in [-0.25, -0.2) is 4.98 Å². The second-order valence-electron chi connectivity index (χ2n) is 7.32. The lowest BCUT2D eigenvalue weighted by Crippen LogP contribution is -2.29. The number of para-hydroxylation sites is 1. The molecule has 6 heteroatoms. The van der Waals surface area contributed by atoms with Crippen molar-refractivity contribution in [2.75, 3.05) is 19.6 Å². The summed E-state index contributed by atoms with van der Waals surface area (Å²) in [5.74, 6) is 2.11. The Labute approximate surface area is 158 Å². The van der Waals surface area contributed by atoms with Gasteiger partial charge in [0.1, 0.15) is 11.9 Å². The second-order valence-corrected chi connectivity index (χ2v) is 7.68. The molecule has 0 radical (unpaired) electrons. The Morgan fingerprint density at radius 2 is 1.81 bits per heavy atom. The first kappa shape index (κ1) is 17.6. The van der Waals surface area contributed by atoms with E-state index in [-0.39, 0.29) is 17.0 Å². The number of β-amino-alcohol motifs (C(OH)–C–C–N with tert-alkyl or cyclic N) is 1. The maximum absolute atomic E-state index is 10.4. The first-order valence-corrected chi connectivity index (χ1v) is 9.44. The number of ether oxygens (including phenoxy) is 1. The zero-order valence-electron chi connectivity index (χ0n) is 14.5. The monoisotopic (exact) mass is 374 g/mol. The van der Waals surface area contributed by atoms with Crippen molar-refractivity contribution in [2.24, 2.45) is 11.8 Å². The quantitative estimate of drug-likeness (QED) is 0.786. The summed E-state index contributed by atoms with van der Waals surface area (Å²) in [5.41, 5.74) is 0.496. The summed E-state index contributed by atoms with van der Waals surface area (Å²) in [4.78, 5) is 6.36. The van der Waals surface area contributed by atoms with E-state index in [2.05, 4.69) is 9.88 Å². The lowest BCUT2D eigenvalue weighted by atomic mass is 10.0. The summed E-state index contributed by atoms with van der Waals surface area (Å²) in [6.45, 7) is 2.48. The third kappa shape index (κ3) is 3.80. The highest BCUT2D eigenvalue weighted by atomic mass is 35.5. The van der Waals surface area contributed by atoms with E-state index in [1.807, 2.05) is 30.3 Å². The predicted octanol–water partition coefficient (Wildman–Crippen LogP) is 3.26. The summed E-state index contributed by atoms with van der Waals surface area (Å²) < 4.78 is 6.11. The molecule has 1 aromatic carbocycles. The highest BCUT2D eigenvalue weighted by molar-refractivity contribution is 6.30. The van der Waals surface area contributed by atoms with Crippen LogP contribution >= 0.6 is 11.6 Å². The van der Waals surface area contributed by atoms with Crippen LogP contribution < -0.4 is 4.74 Å². The number of pyridine rings is 1. The molecule has 138 valence electrons. The van der Waals surface area contributed by atoms with Gasteiger partial charge in [-0.3, -0.25) is 4.90 Å². The van der Waals surface area contributed by atoms with E-state index in [1.54, 1.807) is 6.07 Å². The molecule has 0 amide bonds. The summed E-state index contributed by atoms with van der Waals surface area (Å²) >= 11 is 5.84. The topological polar surface area (TPSA) is 65.8 Å².